The minimum atomic E-state index is 0.480. The molecule has 0 aliphatic rings. The van der Waals surface area contributed by atoms with Crippen molar-refractivity contribution in [3.05, 3.63) is 40.0 Å². The van der Waals surface area contributed by atoms with E-state index in [9.17, 15) is 0 Å². The molecule has 0 spiro atoms. The fraction of sp³-hybridized carbons (Fsp3) is 0.231. The van der Waals surface area contributed by atoms with Crippen molar-refractivity contribution in [2.75, 3.05) is 0 Å². The molecule has 0 aliphatic carbocycles. The van der Waals surface area contributed by atoms with E-state index in [1.54, 1.807) is 22.9 Å². The topological polar surface area (TPSA) is 59.6 Å². The van der Waals surface area contributed by atoms with Gasteiger partial charge in [-0.2, -0.15) is 5.10 Å². The van der Waals surface area contributed by atoms with E-state index in [4.69, 9.17) is 21.5 Å². The minimum absolute atomic E-state index is 0.480. The highest BCUT2D eigenvalue weighted by atomic mass is 35.5. The highest BCUT2D eigenvalue weighted by molar-refractivity contribution is 6.32. The quantitative estimate of drug-likeness (QED) is 0.533. The molecule has 2 rings (SSSR count). The molecule has 0 fully saturated rings. The van der Waals surface area contributed by atoms with E-state index in [0.29, 0.717) is 22.2 Å². The van der Waals surface area contributed by atoms with Crippen LogP contribution in [0.15, 0.2) is 23.4 Å². The van der Waals surface area contributed by atoms with Crippen molar-refractivity contribution in [3.8, 4) is 11.6 Å². The Hall–Kier alpha value is -2.01. The van der Waals surface area contributed by atoms with Crippen LogP contribution in [0.1, 0.15) is 16.8 Å². The maximum absolute atomic E-state index is 8.54. The number of hydrogen-bond donors (Lipinski definition) is 1. The highest BCUT2D eigenvalue weighted by Gasteiger charge is 2.13. The van der Waals surface area contributed by atoms with E-state index in [0.717, 1.165) is 11.3 Å². The van der Waals surface area contributed by atoms with Crippen molar-refractivity contribution >= 4 is 17.8 Å². The summed E-state index contributed by atoms with van der Waals surface area (Å²) in [5.41, 5.74) is 2.56. The summed E-state index contributed by atoms with van der Waals surface area (Å²) in [6, 6.07) is 5.12. The van der Waals surface area contributed by atoms with E-state index in [1.165, 1.54) is 6.21 Å². The van der Waals surface area contributed by atoms with Gasteiger partial charge in [-0.15, -0.1) is 0 Å². The third-order valence-corrected chi connectivity index (χ3v) is 3.14. The molecule has 0 atom stereocenters. The fourth-order valence-electron chi connectivity index (χ4n) is 1.73. The normalized spacial score (nSPS) is 11.2. The van der Waals surface area contributed by atoms with Gasteiger partial charge < -0.3 is 9.94 Å². The number of nitrogens with zero attached hydrogens (tertiary/aromatic N) is 3. The molecule has 19 heavy (non-hydrogen) atoms. The lowest BCUT2D eigenvalue weighted by Crippen LogP contribution is -1.97. The molecular formula is C13H14ClN3O2. The molecule has 2 aromatic rings. The van der Waals surface area contributed by atoms with Gasteiger partial charge in [0.05, 0.1) is 16.9 Å². The summed E-state index contributed by atoms with van der Waals surface area (Å²) in [6.07, 6.45) is 1.31. The van der Waals surface area contributed by atoms with Crippen molar-refractivity contribution in [2.24, 2.45) is 12.2 Å². The van der Waals surface area contributed by atoms with Gasteiger partial charge in [-0.1, -0.05) is 22.8 Å². The Morgan fingerprint density at radius 2 is 2.16 bits per heavy atom. The average molecular weight is 280 g/mol. The lowest BCUT2D eigenvalue weighted by atomic mass is 10.2. The average Bonchev–Trinajstić information content (AvgIpc) is 2.60. The van der Waals surface area contributed by atoms with Crippen LogP contribution in [0.2, 0.25) is 5.02 Å². The lowest BCUT2D eigenvalue weighted by Gasteiger charge is -2.09. The van der Waals surface area contributed by atoms with Gasteiger partial charge in [0.15, 0.2) is 0 Å². The second-order valence-corrected chi connectivity index (χ2v) is 4.58. The zero-order valence-electron chi connectivity index (χ0n) is 10.9. The molecule has 100 valence electrons. The highest BCUT2D eigenvalue weighted by Crippen LogP contribution is 2.32. The van der Waals surface area contributed by atoms with E-state index >= 15 is 0 Å². The van der Waals surface area contributed by atoms with Gasteiger partial charge in [0, 0.05) is 12.6 Å². The summed E-state index contributed by atoms with van der Waals surface area (Å²) in [6.45, 7) is 3.85. The Labute approximate surface area is 116 Å². The van der Waals surface area contributed by atoms with Crippen molar-refractivity contribution in [1.29, 1.82) is 0 Å². The second-order valence-electron chi connectivity index (χ2n) is 4.18. The van der Waals surface area contributed by atoms with Crippen molar-refractivity contribution in [3.63, 3.8) is 0 Å². The molecule has 0 bridgehead atoms. The number of ether oxygens (including phenoxy) is 1. The van der Waals surface area contributed by atoms with Crippen molar-refractivity contribution in [2.45, 2.75) is 13.8 Å². The number of rotatable bonds is 3. The SMILES string of the molecule is Cc1nn(C)c(Oc2cc(/C=N/O)ccc2Cl)c1C. The predicted octanol–water partition coefficient (Wildman–Crippen LogP) is 3.29. The Morgan fingerprint density at radius 1 is 1.42 bits per heavy atom. The first-order valence-corrected chi connectivity index (χ1v) is 6.05. The zero-order valence-corrected chi connectivity index (χ0v) is 11.6. The first-order valence-electron chi connectivity index (χ1n) is 5.68. The van der Waals surface area contributed by atoms with Crippen LogP contribution in [-0.2, 0) is 7.05 Å². The smallest absolute Gasteiger partial charge is 0.220 e. The molecule has 0 radical (unpaired) electrons. The maximum Gasteiger partial charge on any atom is 0.220 e. The third kappa shape index (κ3) is 2.71. The molecule has 1 aromatic heterocycles. The standard InChI is InChI=1S/C13H14ClN3O2/c1-8-9(2)16-17(3)13(8)19-12-6-10(7-15-18)4-5-11(12)14/h4-7,18H,1-3H3/b15-7+. The van der Waals surface area contributed by atoms with E-state index in [2.05, 4.69) is 10.3 Å². The summed E-state index contributed by atoms with van der Waals surface area (Å²) in [5, 5.41) is 16.3. The van der Waals surface area contributed by atoms with Crippen LogP contribution >= 0.6 is 11.6 Å². The third-order valence-electron chi connectivity index (χ3n) is 2.83. The summed E-state index contributed by atoms with van der Waals surface area (Å²) in [7, 11) is 1.81. The van der Waals surface area contributed by atoms with Gasteiger partial charge in [-0.05, 0) is 31.5 Å². The summed E-state index contributed by atoms with van der Waals surface area (Å²) in [4.78, 5) is 0. The van der Waals surface area contributed by atoms with Gasteiger partial charge in [0.25, 0.3) is 0 Å². The van der Waals surface area contributed by atoms with Gasteiger partial charge in [-0.25, -0.2) is 4.68 Å². The molecule has 0 unspecified atom stereocenters. The Bertz CT molecular complexity index is 635. The summed E-state index contributed by atoms with van der Waals surface area (Å²) >= 11 is 6.10. The van der Waals surface area contributed by atoms with Crippen LogP contribution in [0.4, 0.5) is 0 Å². The Morgan fingerprint density at radius 3 is 2.74 bits per heavy atom. The molecule has 0 aliphatic heterocycles. The molecular weight excluding hydrogens is 266 g/mol. The van der Waals surface area contributed by atoms with Crippen molar-refractivity contribution < 1.29 is 9.94 Å². The van der Waals surface area contributed by atoms with Gasteiger partial charge >= 0.3 is 0 Å². The van der Waals surface area contributed by atoms with Crippen LogP contribution in [0.25, 0.3) is 0 Å². The van der Waals surface area contributed by atoms with Gasteiger partial charge in [0.2, 0.25) is 5.88 Å². The fourth-order valence-corrected chi connectivity index (χ4v) is 1.89. The van der Waals surface area contributed by atoms with E-state index in [-0.39, 0.29) is 0 Å². The minimum Gasteiger partial charge on any atom is -0.437 e. The zero-order chi connectivity index (χ0) is 14.0. The van der Waals surface area contributed by atoms with Crippen LogP contribution in [0, 0.1) is 13.8 Å². The summed E-state index contributed by atoms with van der Waals surface area (Å²) < 4.78 is 7.46. The summed E-state index contributed by atoms with van der Waals surface area (Å²) in [5.74, 6) is 1.13. The van der Waals surface area contributed by atoms with Crippen LogP contribution in [0.3, 0.4) is 0 Å². The number of aromatic nitrogens is 2. The molecule has 0 saturated heterocycles. The molecule has 1 aromatic carbocycles. The molecule has 6 heteroatoms. The van der Waals surface area contributed by atoms with Gasteiger partial charge in [-0.3, -0.25) is 0 Å². The Balaban J connectivity index is 2.40. The molecule has 1 heterocycles. The number of aryl methyl sites for hydroxylation is 2. The van der Waals surface area contributed by atoms with E-state index in [1.807, 2.05) is 20.9 Å². The molecule has 1 N–H and O–H groups in total. The molecule has 0 saturated carbocycles. The molecule has 5 nitrogen and oxygen atoms in total. The van der Waals surface area contributed by atoms with Crippen molar-refractivity contribution in [1.82, 2.24) is 9.78 Å². The first-order chi connectivity index (χ1) is 9.02. The predicted molar refractivity (Wildman–Crippen MR) is 73.6 cm³/mol. The monoisotopic (exact) mass is 279 g/mol. The van der Waals surface area contributed by atoms with Gasteiger partial charge in [0.1, 0.15) is 5.75 Å². The van der Waals surface area contributed by atoms with Crippen LogP contribution in [0.5, 0.6) is 11.6 Å². The lowest BCUT2D eigenvalue weighted by molar-refractivity contribution is 0.322. The second kappa shape index (κ2) is 5.32. The van der Waals surface area contributed by atoms with Crippen LogP contribution in [-0.4, -0.2) is 21.2 Å². The number of hydrogen-bond acceptors (Lipinski definition) is 4. The number of benzene rings is 1. The number of oxime groups is 1. The Kier molecular flexibility index (Phi) is 3.76. The largest absolute Gasteiger partial charge is 0.437 e. The maximum atomic E-state index is 8.54. The van der Waals surface area contributed by atoms with E-state index < -0.39 is 0 Å². The van der Waals surface area contributed by atoms with Crippen LogP contribution < -0.4 is 4.74 Å². The number of halogens is 1. The first kappa shape index (κ1) is 13.4. The molecule has 0 amide bonds.